The van der Waals surface area contributed by atoms with Crippen molar-refractivity contribution in [3.05, 3.63) is 29.8 Å². The summed E-state index contributed by atoms with van der Waals surface area (Å²) >= 11 is 0. The Morgan fingerprint density at radius 2 is 1.93 bits per heavy atom. The van der Waals surface area contributed by atoms with E-state index in [0.717, 1.165) is 44.4 Å². The van der Waals surface area contributed by atoms with Crippen molar-refractivity contribution in [3.63, 3.8) is 0 Å². The van der Waals surface area contributed by atoms with E-state index in [1.165, 1.54) is 18.4 Å². The highest BCUT2D eigenvalue weighted by molar-refractivity contribution is 14.0. The summed E-state index contributed by atoms with van der Waals surface area (Å²) in [5.74, 6) is 2.44. The van der Waals surface area contributed by atoms with Gasteiger partial charge in [0.1, 0.15) is 5.75 Å². The molecule has 3 unspecified atom stereocenters. The number of halogens is 1. The molecule has 0 aromatic heterocycles. The molecule has 0 saturated carbocycles. The lowest BCUT2D eigenvalue weighted by Crippen LogP contribution is -2.48. The van der Waals surface area contributed by atoms with Crippen LogP contribution >= 0.6 is 24.0 Å². The zero-order chi connectivity index (χ0) is 20.8. The number of guanidine groups is 1. The summed E-state index contributed by atoms with van der Waals surface area (Å²) in [6.07, 6.45) is 2.55. The fourth-order valence-corrected chi connectivity index (χ4v) is 4.54. The molecule has 0 bridgehead atoms. The standard InChI is InChI=1S/C23H39N5O.HI/c1-17(2)28-15-18(3)21(16-28)26-23(24-4)25-14-22(27-11-6-7-12-27)19-9-8-10-20(13-19)29-5;/h8-10,13,17-18,21-22H,6-7,11-12,14-16H2,1-5H3,(H2,24,25,26);1H. The van der Waals surface area contributed by atoms with Gasteiger partial charge in [-0.05, 0) is 63.4 Å². The van der Waals surface area contributed by atoms with E-state index in [4.69, 9.17) is 4.74 Å². The van der Waals surface area contributed by atoms with Crippen LogP contribution in [0.2, 0.25) is 0 Å². The largest absolute Gasteiger partial charge is 0.497 e. The Labute approximate surface area is 199 Å². The molecule has 3 rings (SSSR count). The van der Waals surface area contributed by atoms with Gasteiger partial charge in [0.2, 0.25) is 0 Å². The zero-order valence-corrected chi connectivity index (χ0v) is 21.6. The van der Waals surface area contributed by atoms with Crippen LogP contribution in [0.15, 0.2) is 29.3 Å². The summed E-state index contributed by atoms with van der Waals surface area (Å²) < 4.78 is 5.46. The SMILES string of the molecule is CN=C(NCC(c1cccc(OC)c1)N1CCCC1)NC1CN(C(C)C)CC1C.I. The molecular weight excluding hydrogens is 489 g/mol. The molecule has 0 spiro atoms. The third kappa shape index (κ3) is 6.47. The number of benzene rings is 1. The van der Waals surface area contributed by atoms with Gasteiger partial charge in [-0.25, -0.2) is 0 Å². The quantitative estimate of drug-likeness (QED) is 0.323. The second-order valence-electron chi connectivity index (χ2n) is 8.76. The smallest absolute Gasteiger partial charge is 0.191 e. The summed E-state index contributed by atoms with van der Waals surface area (Å²) in [7, 11) is 3.60. The fraction of sp³-hybridized carbons (Fsp3) is 0.696. The third-order valence-corrected chi connectivity index (χ3v) is 6.44. The van der Waals surface area contributed by atoms with E-state index in [1.807, 2.05) is 13.1 Å². The summed E-state index contributed by atoms with van der Waals surface area (Å²) in [4.78, 5) is 9.63. The van der Waals surface area contributed by atoms with Crippen molar-refractivity contribution in [1.82, 2.24) is 20.4 Å². The van der Waals surface area contributed by atoms with Crippen LogP contribution in [-0.2, 0) is 0 Å². The number of hydrogen-bond donors (Lipinski definition) is 2. The van der Waals surface area contributed by atoms with Crippen molar-refractivity contribution >= 4 is 29.9 Å². The number of methoxy groups -OCH3 is 1. The predicted molar refractivity (Wildman–Crippen MR) is 136 cm³/mol. The van der Waals surface area contributed by atoms with Gasteiger partial charge in [0, 0.05) is 38.8 Å². The molecule has 1 aromatic rings. The first-order chi connectivity index (χ1) is 14.0. The van der Waals surface area contributed by atoms with E-state index in [9.17, 15) is 0 Å². The van der Waals surface area contributed by atoms with Crippen LogP contribution < -0.4 is 15.4 Å². The summed E-state index contributed by atoms with van der Waals surface area (Å²) in [6, 6.07) is 9.83. The van der Waals surface area contributed by atoms with Gasteiger partial charge in [-0.15, -0.1) is 24.0 Å². The van der Waals surface area contributed by atoms with Crippen molar-refractivity contribution < 1.29 is 4.74 Å². The Morgan fingerprint density at radius 1 is 1.20 bits per heavy atom. The van der Waals surface area contributed by atoms with E-state index in [0.29, 0.717) is 24.0 Å². The van der Waals surface area contributed by atoms with Gasteiger partial charge in [0.25, 0.3) is 0 Å². The number of nitrogens with zero attached hydrogens (tertiary/aromatic N) is 3. The highest BCUT2D eigenvalue weighted by Crippen LogP contribution is 2.27. The molecule has 0 radical (unpaired) electrons. The number of likely N-dealkylation sites (tertiary alicyclic amines) is 2. The molecule has 30 heavy (non-hydrogen) atoms. The minimum atomic E-state index is 0. The molecule has 2 aliphatic heterocycles. The minimum absolute atomic E-state index is 0. The van der Waals surface area contributed by atoms with Gasteiger partial charge in [0.15, 0.2) is 5.96 Å². The minimum Gasteiger partial charge on any atom is -0.497 e. The summed E-state index contributed by atoms with van der Waals surface area (Å²) in [5.41, 5.74) is 1.30. The zero-order valence-electron chi connectivity index (χ0n) is 19.2. The average molecular weight is 530 g/mol. The molecule has 1 aromatic carbocycles. The van der Waals surface area contributed by atoms with E-state index < -0.39 is 0 Å². The lowest BCUT2D eigenvalue weighted by Gasteiger charge is -2.30. The van der Waals surface area contributed by atoms with Crippen molar-refractivity contribution in [2.75, 3.05) is 46.9 Å². The monoisotopic (exact) mass is 529 g/mol. The Balaban J connectivity index is 0.00000320. The van der Waals surface area contributed by atoms with Crippen LogP contribution in [0.4, 0.5) is 0 Å². The number of nitrogens with one attached hydrogen (secondary N) is 2. The van der Waals surface area contributed by atoms with Crippen LogP contribution in [0, 0.1) is 5.92 Å². The molecular formula is C23H40IN5O. The molecule has 2 saturated heterocycles. The van der Waals surface area contributed by atoms with Crippen molar-refractivity contribution in [2.45, 2.75) is 51.7 Å². The molecule has 3 atom stereocenters. The van der Waals surface area contributed by atoms with Crippen molar-refractivity contribution in [2.24, 2.45) is 10.9 Å². The predicted octanol–water partition coefficient (Wildman–Crippen LogP) is 3.34. The van der Waals surface area contributed by atoms with Gasteiger partial charge < -0.3 is 15.4 Å². The first-order valence-corrected chi connectivity index (χ1v) is 11.1. The highest BCUT2D eigenvalue weighted by atomic mass is 127. The van der Waals surface area contributed by atoms with Gasteiger partial charge in [-0.1, -0.05) is 19.1 Å². The molecule has 170 valence electrons. The van der Waals surface area contributed by atoms with Gasteiger partial charge in [0.05, 0.1) is 13.2 Å². The van der Waals surface area contributed by atoms with Crippen LogP contribution in [0.25, 0.3) is 0 Å². The highest BCUT2D eigenvalue weighted by Gasteiger charge is 2.31. The average Bonchev–Trinajstić information content (AvgIpc) is 3.38. The Bertz CT molecular complexity index is 677. The summed E-state index contributed by atoms with van der Waals surface area (Å²) in [6.45, 7) is 12.2. The first kappa shape index (κ1) is 25.2. The fourth-order valence-electron chi connectivity index (χ4n) is 4.54. The molecule has 0 amide bonds. The molecule has 6 nitrogen and oxygen atoms in total. The third-order valence-electron chi connectivity index (χ3n) is 6.44. The molecule has 7 heteroatoms. The van der Waals surface area contributed by atoms with Gasteiger partial charge in [-0.2, -0.15) is 0 Å². The number of rotatable bonds is 7. The molecule has 2 heterocycles. The van der Waals surface area contributed by atoms with Crippen LogP contribution in [-0.4, -0.2) is 74.7 Å². The van der Waals surface area contributed by atoms with Crippen LogP contribution in [0.1, 0.15) is 45.2 Å². The van der Waals surface area contributed by atoms with Gasteiger partial charge >= 0.3 is 0 Å². The molecule has 2 aliphatic rings. The maximum absolute atomic E-state index is 5.46. The van der Waals surface area contributed by atoms with Gasteiger partial charge in [-0.3, -0.25) is 14.8 Å². The molecule has 0 aliphatic carbocycles. The van der Waals surface area contributed by atoms with E-state index in [1.54, 1.807) is 7.11 Å². The van der Waals surface area contributed by atoms with E-state index in [-0.39, 0.29) is 24.0 Å². The number of hydrogen-bond acceptors (Lipinski definition) is 4. The van der Waals surface area contributed by atoms with E-state index in [2.05, 4.69) is 64.4 Å². The second-order valence-corrected chi connectivity index (χ2v) is 8.76. The first-order valence-electron chi connectivity index (χ1n) is 11.1. The Kier molecular flexibility index (Phi) is 10.2. The van der Waals surface area contributed by atoms with Crippen LogP contribution in [0.3, 0.4) is 0 Å². The van der Waals surface area contributed by atoms with Crippen molar-refractivity contribution in [1.29, 1.82) is 0 Å². The maximum Gasteiger partial charge on any atom is 0.191 e. The van der Waals surface area contributed by atoms with Crippen LogP contribution in [0.5, 0.6) is 5.75 Å². The summed E-state index contributed by atoms with van der Waals surface area (Å²) in [5, 5.41) is 7.29. The Morgan fingerprint density at radius 3 is 2.53 bits per heavy atom. The number of ether oxygens (including phenoxy) is 1. The number of aliphatic imine (C=N–C) groups is 1. The lowest BCUT2D eigenvalue weighted by atomic mass is 10.0. The molecule has 2 fully saturated rings. The van der Waals surface area contributed by atoms with Crippen molar-refractivity contribution in [3.8, 4) is 5.75 Å². The normalized spacial score (nSPS) is 24.0. The lowest BCUT2D eigenvalue weighted by molar-refractivity contribution is 0.244. The second kappa shape index (κ2) is 12.1. The topological polar surface area (TPSA) is 52.1 Å². The maximum atomic E-state index is 5.46. The van der Waals surface area contributed by atoms with E-state index >= 15 is 0 Å². The molecule has 2 N–H and O–H groups in total. The Hall–Kier alpha value is -1.06.